The zero-order chi connectivity index (χ0) is 16.3. The van der Waals surface area contributed by atoms with Gasteiger partial charge in [-0.2, -0.15) is 0 Å². The zero-order valence-corrected chi connectivity index (χ0v) is 13.9. The second kappa shape index (κ2) is 6.64. The lowest BCUT2D eigenvalue weighted by Crippen LogP contribution is -2.40. The van der Waals surface area contributed by atoms with Gasteiger partial charge in [-0.05, 0) is 46.5 Å². The minimum atomic E-state index is -0.984. The fourth-order valence-electron chi connectivity index (χ4n) is 2.53. The molecule has 122 valence electrons. The van der Waals surface area contributed by atoms with Gasteiger partial charge in [-0.25, -0.2) is 14.6 Å². The highest BCUT2D eigenvalue weighted by Gasteiger charge is 2.27. The van der Waals surface area contributed by atoms with E-state index in [-0.39, 0.29) is 23.7 Å². The van der Waals surface area contributed by atoms with Gasteiger partial charge < -0.3 is 15.2 Å². The molecule has 22 heavy (non-hydrogen) atoms. The van der Waals surface area contributed by atoms with Crippen molar-refractivity contribution in [2.45, 2.75) is 64.0 Å². The van der Waals surface area contributed by atoms with E-state index >= 15 is 0 Å². The number of carboxylic acids is 1. The molecule has 0 aromatic carbocycles. The highest BCUT2D eigenvalue weighted by Crippen LogP contribution is 2.34. The Hall–Kier alpha value is -1.63. The molecule has 1 heterocycles. The first-order valence-corrected chi connectivity index (χ1v) is 8.31. The van der Waals surface area contributed by atoms with Crippen LogP contribution in [0.4, 0.5) is 4.79 Å². The van der Waals surface area contributed by atoms with Gasteiger partial charge in [-0.1, -0.05) is 0 Å². The fraction of sp³-hybridized carbons (Fsp3) is 0.667. The number of carboxylic acid groups (broad SMARTS) is 1. The molecule has 0 unspecified atom stereocenters. The van der Waals surface area contributed by atoms with Crippen molar-refractivity contribution in [3.8, 4) is 0 Å². The number of amides is 1. The number of ether oxygens (including phenoxy) is 1. The molecule has 0 radical (unpaired) electrons. The summed E-state index contributed by atoms with van der Waals surface area (Å²) in [5, 5.41) is 14.3. The van der Waals surface area contributed by atoms with Gasteiger partial charge in [0.1, 0.15) is 5.60 Å². The van der Waals surface area contributed by atoms with E-state index in [4.69, 9.17) is 9.84 Å². The summed E-state index contributed by atoms with van der Waals surface area (Å²) >= 11 is 1.40. The molecule has 2 N–H and O–H groups in total. The Morgan fingerprint density at radius 2 is 1.95 bits per heavy atom. The third-order valence-electron chi connectivity index (χ3n) is 3.54. The number of thiazole rings is 1. The van der Waals surface area contributed by atoms with E-state index in [1.54, 1.807) is 5.38 Å². The van der Waals surface area contributed by atoms with Crippen LogP contribution in [-0.4, -0.2) is 33.8 Å². The van der Waals surface area contributed by atoms with Crippen LogP contribution in [0, 0.1) is 0 Å². The average Bonchev–Trinajstić information content (AvgIpc) is 2.87. The van der Waals surface area contributed by atoms with Crippen LogP contribution in [0.1, 0.15) is 67.9 Å². The summed E-state index contributed by atoms with van der Waals surface area (Å²) in [6, 6.07) is 0.116. The van der Waals surface area contributed by atoms with Crippen LogP contribution in [-0.2, 0) is 4.74 Å². The summed E-state index contributed by atoms with van der Waals surface area (Å²) in [4.78, 5) is 26.8. The Balaban J connectivity index is 1.82. The molecule has 1 aliphatic carbocycles. The largest absolute Gasteiger partial charge is 0.476 e. The molecular formula is C15H22N2O4S. The third kappa shape index (κ3) is 4.69. The lowest BCUT2D eigenvalue weighted by molar-refractivity contribution is 0.0490. The van der Waals surface area contributed by atoms with E-state index in [0.717, 1.165) is 30.7 Å². The molecule has 0 spiro atoms. The molecule has 1 saturated carbocycles. The van der Waals surface area contributed by atoms with Gasteiger partial charge in [0.2, 0.25) is 0 Å². The van der Waals surface area contributed by atoms with Crippen LogP contribution >= 0.6 is 11.3 Å². The highest BCUT2D eigenvalue weighted by molar-refractivity contribution is 7.09. The molecule has 1 aromatic heterocycles. The molecule has 1 aromatic rings. The van der Waals surface area contributed by atoms with E-state index in [9.17, 15) is 9.59 Å². The van der Waals surface area contributed by atoms with Crippen molar-refractivity contribution in [3.63, 3.8) is 0 Å². The number of hydrogen-bond donors (Lipinski definition) is 2. The average molecular weight is 326 g/mol. The van der Waals surface area contributed by atoms with Crippen molar-refractivity contribution in [3.05, 3.63) is 16.1 Å². The van der Waals surface area contributed by atoms with E-state index in [1.807, 2.05) is 20.8 Å². The van der Waals surface area contributed by atoms with Crippen molar-refractivity contribution in [1.82, 2.24) is 10.3 Å². The van der Waals surface area contributed by atoms with Crippen molar-refractivity contribution in [1.29, 1.82) is 0 Å². The second-order valence-electron chi connectivity index (χ2n) is 6.57. The normalized spacial score (nSPS) is 22.1. The molecular weight excluding hydrogens is 304 g/mol. The molecule has 1 amide bonds. The number of alkyl carbamates (subject to hydrolysis) is 1. The standard InChI is InChI=1S/C15H22N2O4S/c1-15(2,3)21-14(20)16-10-6-4-9(5-7-10)12-17-11(8-22-12)13(18)19/h8-10H,4-7H2,1-3H3,(H,16,20)(H,18,19). The number of rotatable bonds is 3. The SMILES string of the molecule is CC(C)(C)OC(=O)NC1CCC(c2nc(C(=O)O)cs2)CC1. The number of hydrogen-bond acceptors (Lipinski definition) is 5. The maximum absolute atomic E-state index is 11.7. The maximum Gasteiger partial charge on any atom is 0.407 e. The van der Waals surface area contributed by atoms with Crippen LogP contribution in [0.2, 0.25) is 0 Å². The Morgan fingerprint density at radius 3 is 2.45 bits per heavy atom. The van der Waals surface area contributed by atoms with Gasteiger partial charge in [-0.15, -0.1) is 11.3 Å². The topological polar surface area (TPSA) is 88.5 Å². The number of carbonyl (C=O) groups is 2. The lowest BCUT2D eigenvalue weighted by Gasteiger charge is -2.29. The number of nitrogens with zero attached hydrogens (tertiary/aromatic N) is 1. The summed E-state index contributed by atoms with van der Waals surface area (Å²) in [7, 11) is 0. The minimum absolute atomic E-state index is 0.116. The first-order valence-electron chi connectivity index (χ1n) is 7.43. The monoisotopic (exact) mass is 326 g/mol. The molecule has 0 aliphatic heterocycles. The Kier molecular flexibility index (Phi) is 5.05. The van der Waals surface area contributed by atoms with E-state index < -0.39 is 11.6 Å². The second-order valence-corrected chi connectivity index (χ2v) is 7.46. The Morgan fingerprint density at radius 1 is 1.32 bits per heavy atom. The maximum atomic E-state index is 11.7. The van der Waals surface area contributed by atoms with Crippen molar-refractivity contribution in [2.75, 3.05) is 0 Å². The van der Waals surface area contributed by atoms with Gasteiger partial charge in [0.05, 0.1) is 5.01 Å². The van der Waals surface area contributed by atoms with Crippen LogP contribution in [0.25, 0.3) is 0 Å². The van der Waals surface area contributed by atoms with Crippen LogP contribution in [0.15, 0.2) is 5.38 Å². The van der Waals surface area contributed by atoms with Crippen LogP contribution < -0.4 is 5.32 Å². The summed E-state index contributed by atoms with van der Waals surface area (Å²) in [6.45, 7) is 5.52. The number of aromatic carboxylic acids is 1. The van der Waals surface area contributed by atoms with E-state index in [0.29, 0.717) is 0 Å². The number of carbonyl (C=O) groups excluding carboxylic acids is 1. The van der Waals surface area contributed by atoms with E-state index in [2.05, 4.69) is 10.3 Å². The molecule has 2 rings (SSSR count). The number of aromatic nitrogens is 1. The summed E-state index contributed by atoms with van der Waals surface area (Å²) < 4.78 is 5.26. The van der Waals surface area contributed by atoms with Gasteiger partial charge >= 0.3 is 12.1 Å². The van der Waals surface area contributed by atoms with Crippen molar-refractivity contribution >= 4 is 23.4 Å². The Labute approximate surface area is 133 Å². The van der Waals surface area contributed by atoms with Gasteiger partial charge in [0.25, 0.3) is 0 Å². The Bertz CT molecular complexity index is 542. The van der Waals surface area contributed by atoms with Gasteiger partial charge in [0.15, 0.2) is 5.69 Å². The fourth-order valence-corrected chi connectivity index (χ4v) is 3.50. The summed E-state index contributed by atoms with van der Waals surface area (Å²) in [5.41, 5.74) is -0.371. The minimum Gasteiger partial charge on any atom is -0.476 e. The molecule has 1 fully saturated rings. The van der Waals surface area contributed by atoms with Crippen molar-refractivity contribution < 1.29 is 19.4 Å². The lowest BCUT2D eigenvalue weighted by atomic mass is 9.86. The summed E-state index contributed by atoms with van der Waals surface area (Å²) in [6.07, 6.45) is 3.12. The third-order valence-corrected chi connectivity index (χ3v) is 4.55. The van der Waals surface area contributed by atoms with Crippen molar-refractivity contribution in [2.24, 2.45) is 0 Å². The first kappa shape index (κ1) is 16.7. The number of nitrogens with one attached hydrogen (secondary N) is 1. The predicted molar refractivity (Wildman–Crippen MR) is 83.4 cm³/mol. The van der Waals surface area contributed by atoms with Gasteiger partial charge in [-0.3, -0.25) is 0 Å². The molecule has 7 heteroatoms. The molecule has 0 bridgehead atoms. The predicted octanol–water partition coefficient (Wildman–Crippen LogP) is 3.39. The quantitative estimate of drug-likeness (QED) is 0.889. The smallest absolute Gasteiger partial charge is 0.407 e. The molecule has 1 aliphatic rings. The summed E-state index contributed by atoms with van der Waals surface area (Å²) in [5.74, 6) is -0.697. The molecule has 6 nitrogen and oxygen atoms in total. The van der Waals surface area contributed by atoms with Crippen LogP contribution in [0.3, 0.4) is 0 Å². The first-order chi connectivity index (χ1) is 10.2. The molecule has 0 atom stereocenters. The van der Waals surface area contributed by atoms with E-state index in [1.165, 1.54) is 11.3 Å². The van der Waals surface area contributed by atoms with Gasteiger partial charge in [0, 0.05) is 17.3 Å². The zero-order valence-electron chi connectivity index (χ0n) is 13.1. The highest BCUT2D eigenvalue weighted by atomic mass is 32.1. The van der Waals surface area contributed by atoms with Crippen LogP contribution in [0.5, 0.6) is 0 Å². The molecule has 0 saturated heterocycles.